The molecule has 0 unspecified atom stereocenters. The van der Waals surface area contributed by atoms with Crippen LogP contribution in [-0.4, -0.2) is 24.1 Å². The number of para-hydroxylation sites is 2. The number of hydrogen-bond acceptors (Lipinski definition) is 5. The zero-order valence-corrected chi connectivity index (χ0v) is 31.8. The Morgan fingerprint density at radius 2 is 0.806 bits per heavy atom. The Kier molecular flexibility index (Phi) is 8.68. The summed E-state index contributed by atoms with van der Waals surface area (Å²) in [5.74, 6) is 0.248. The Morgan fingerprint density at radius 3 is 1.24 bits per heavy atom. The van der Waals surface area contributed by atoms with Gasteiger partial charge in [-0.1, -0.05) is 78.9 Å². The van der Waals surface area contributed by atoms with E-state index in [1.807, 2.05) is 18.2 Å². The highest BCUT2D eigenvalue weighted by Gasteiger charge is 2.33. The van der Waals surface area contributed by atoms with Crippen molar-refractivity contribution >= 4 is 43.6 Å². The third-order valence-electron chi connectivity index (χ3n) is 10.9. The maximum atomic E-state index is 14.2. The summed E-state index contributed by atoms with van der Waals surface area (Å²) >= 11 is 0. The molecule has 0 aliphatic carbocycles. The van der Waals surface area contributed by atoms with Gasteiger partial charge in [-0.3, -0.25) is 0 Å². The number of benzene rings is 7. The third-order valence-corrected chi connectivity index (χ3v) is 10.9. The molecule has 0 radical (unpaired) electrons. The lowest BCUT2D eigenvalue weighted by Gasteiger charge is -2.17. The zero-order valence-electron chi connectivity index (χ0n) is 31.8. The van der Waals surface area contributed by atoms with Crippen LogP contribution in [0.5, 0.6) is 0 Å². The van der Waals surface area contributed by atoms with E-state index in [1.54, 1.807) is 106 Å². The number of rotatable bonds is 5. The predicted molar refractivity (Wildman–Crippen MR) is 224 cm³/mol. The van der Waals surface area contributed by atoms with E-state index in [-0.39, 0.29) is 50.8 Å². The molecule has 13 heteroatoms. The second-order valence-electron chi connectivity index (χ2n) is 14.5. The summed E-state index contributed by atoms with van der Waals surface area (Å²) in [5, 5.41) is 22.8. The van der Waals surface area contributed by atoms with Gasteiger partial charge in [0.15, 0.2) is 17.5 Å². The molecule has 7 aromatic carbocycles. The third kappa shape index (κ3) is 6.26. The molecule has 3 aromatic heterocycles. The van der Waals surface area contributed by atoms with E-state index in [9.17, 15) is 36.9 Å². The van der Waals surface area contributed by atoms with Crippen LogP contribution in [0.15, 0.2) is 152 Å². The van der Waals surface area contributed by atoms with Gasteiger partial charge in [0.1, 0.15) is 0 Å². The van der Waals surface area contributed by atoms with Crippen LogP contribution in [0.2, 0.25) is 0 Å². The molecule has 0 N–H and O–H groups in total. The first-order valence-corrected chi connectivity index (χ1v) is 19.0. The molecule has 0 saturated heterocycles. The quantitative estimate of drug-likeness (QED) is 0.161. The van der Waals surface area contributed by atoms with E-state index < -0.39 is 23.5 Å². The highest BCUT2D eigenvalue weighted by molar-refractivity contribution is 6.11. The number of hydrogen-bond donors (Lipinski definition) is 0. The number of nitriles is 2. The Labute approximate surface area is 347 Å². The monoisotopic (exact) mass is 825 g/mol. The molecule has 0 spiro atoms. The second-order valence-corrected chi connectivity index (χ2v) is 14.5. The van der Waals surface area contributed by atoms with Crippen molar-refractivity contribution in [3.63, 3.8) is 0 Å². The first kappa shape index (κ1) is 37.9. The highest BCUT2D eigenvalue weighted by Crippen LogP contribution is 2.42. The van der Waals surface area contributed by atoms with Crippen molar-refractivity contribution in [1.82, 2.24) is 24.1 Å². The summed E-state index contributed by atoms with van der Waals surface area (Å²) in [6, 6.07) is 44.2. The Balaban J connectivity index is 1.29. The average molecular weight is 826 g/mol. The van der Waals surface area contributed by atoms with Crippen LogP contribution in [0.25, 0.3) is 89.2 Å². The van der Waals surface area contributed by atoms with Crippen molar-refractivity contribution < 1.29 is 26.3 Å². The lowest BCUT2D eigenvalue weighted by atomic mass is 10.1. The molecule has 62 heavy (non-hydrogen) atoms. The minimum absolute atomic E-state index is 0.0359. The fourth-order valence-electron chi connectivity index (χ4n) is 8.11. The fourth-order valence-corrected chi connectivity index (χ4v) is 8.11. The summed E-state index contributed by atoms with van der Waals surface area (Å²) in [6.45, 7) is 0. The van der Waals surface area contributed by atoms with Crippen LogP contribution in [0, 0.1) is 22.7 Å². The summed E-state index contributed by atoms with van der Waals surface area (Å²) < 4.78 is 88.9. The topological polar surface area (TPSA) is 96.1 Å². The van der Waals surface area contributed by atoms with Gasteiger partial charge in [-0.25, -0.2) is 15.0 Å². The molecule has 0 aliphatic rings. The molecule has 298 valence electrons. The Morgan fingerprint density at radius 1 is 0.403 bits per heavy atom. The van der Waals surface area contributed by atoms with Gasteiger partial charge in [-0.2, -0.15) is 36.9 Å². The van der Waals surface area contributed by atoms with Crippen molar-refractivity contribution in [3.05, 3.63) is 174 Å². The zero-order chi connectivity index (χ0) is 42.9. The van der Waals surface area contributed by atoms with Crippen molar-refractivity contribution in [2.75, 3.05) is 0 Å². The van der Waals surface area contributed by atoms with Crippen LogP contribution in [0.3, 0.4) is 0 Å². The number of aromatic nitrogens is 5. The van der Waals surface area contributed by atoms with Crippen molar-refractivity contribution in [2.24, 2.45) is 0 Å². The average Bonchev–Trinajstić information content (AvgIpc) is 3.80. The summed E-state index contributed by atoms with van der Waals surface area (Å²) in [6.07, 6.45) is -9.28. The standard InChI is InChI=1S/C49H25F6N7/c50-48(51,52)31-16-18-35-33-10-4-6-12-39(33)61(43(35)24-31)41-20-14-28(26-56)22-37(41)46-58-45(30-8-2-1-3-9-30)59-47(60-46)38-23-29(27-57)15-21-42(38)62-40-13-7-5-11-34(40)36-19-17-32(25-44(36)62)49(53,54)55/h1-25H. The largest absolute Gasteiger partial charge is 0.416 e. The van der Waals surface area contributed by atoms with E-state index in [0.717, 1.165) is 24.3 Å². The van der Waals surface area contributed by atoms with Gasteiger partial charge in [-0.05, 0) is 72.8 Å². The predicted octanol–water partition coefficient (Wildman–Crippen LogP) is 12.8. The molecule has 0 fully saturated rings. The van der Waals surface area contributed by atoms with Gasteiger partial charge in [-0.15, -0.1) is 0 Å². The number of fused-ring (bicyclic) bond motifs is 6. The first-order valence-electron chi connectivity index (χ1n) is 19.0. The maximum absolute atomic E-state index is 14.2. The number of alkyl halides is 6. The highest BCUT2D eigenvalue weighted by atomic mass is 19.4. The minimum atomic E-state index is -4.64. The Bertz CT molecular complexity index is 3320. The minimum Gasteiger partial charge on any atom is -0.308 e. The van der Waals surface area contributed by atoms with Crippen LogP contribution >= 0.6 is 0 Å². The number of nitrogens with zero attached hydrogens (tertiary/aromatic N) is 7. The van der Waals surface area contributed by atoms with Gasteiger partial charge in [0.2, 0.25) is 0 Å². The van der Waals surface area contributed by atoms with Gasteiger partial charge >= 0.3 is 12.4 Å². The SMILES string of the molecule is N#Cc1ccc(-n2c3ccccc3c3ccc(C(F)(F)F)cc32)c(-c2nc(-c3ccccc3)nc(-c3cc(C#N)ccc3-n3c4ccccc4c4ccc(C(F)(F)F)cc43)n2)c1. The van der Waals surface area contributed by atoms with E-state index in [1.165, 1.54) is 12.1 Å². The van der Waals surface area contributed by atoms with Crippen LogP contribution < -0.4 is 0 Å². The van der Waals surface area contributed by atoms with Crippen LogP contribution in [-0.2, 0) is 12.4 Å². The van der Waals surface area contributed by atoms with Crippen molar-refractivity contribution in [1.29, 1.82) is 10.5 Å². The van der Waals surface area contributed by atoms with Crippen molar-refractivity contribution in [3.8, 4) is 57.7 Å². The summed E-state index contributed by atoms with van der Waals surface area (Å²) in [5.41, 5.74) is 2.21. The van der Waals surface area contributed by atoms with Gasteiger partial charge < -0.3 is 9.13 Å². The van der Waals surface area contributed by atoms with E-state index in [2.05, 4.69) is 12.1 Å². The molecule has 10 aromatic rings. The molecule has 3 heterocycles. The second kappa shape index (κ2) is 14.2. The lowest BCUT2D eigenvalue weighted by Crippen LogP contribution is -2.07. The molecule has 0 saturated carbocycles. The van der Waals surface area contributed by atoms with Gasteiger partial charge in [0, 0.05) is 38.2 Å². The lowest BCUT2D eigenvalue weighted by molar-refractivity contribution is -0.138. The van der Waals surface area contributed by atoms with Crippen LogP contribution in [0.1, 0.15) is 22.3 Å². The molecule has 0 aliphatic heterocycles. The van der Waals surface area contributed by atoms with Gasteiger partial charge in [0.05, 0.1) is 67.8 Å². The molecular weight excluding hydrogens is 801 g/mol. The summed E-state index contributed by atoms with van der Waals surface area (Å²) in [7, 11) is 0. The van der Waals surface area contributed by atoms with E-state index in [4.69, 9.17) is 15.0 Å². The Hall–Kier alpha value is -8.29. The molecule has 7 nitrogen and oxygen atoms in total. The smallest absolute Gasteiger partial charge is 0.308 e. The molecule has 0 bridgehead atoms. The maximum Gasteiger partial charge on any atom is 0.416 e. The van der Waals surface area contributed by atoms with Crippen molar-refractivity contribution in [2.45, 2.75) is 12.4 Å². The normalized spacial score (nSPS) is 12.0. The van der Waals surface area contributed by atoms with Crippen LogP contribution in [0.4, 0.5) is 26.3 Å². The summed E-state index contributed by atoms with van der Waals surface area (Å²) in [4.78, 5) is 14.8. The van der Waals surface area contributed by atoms with E-state index in [0.29, 0.717) is 49.5 Å². The molecule has 10 rings (SSSR count). The molecule has 0 amide bonds. The fraction of sp³-hybridized carbons (Fsp3) is 0.0408. The molecular formula is C49H25F6N7. The van der Waals surface area contributed by atoms with Gasteiger partial charge in [0.25, 0.3) is 0 Å². The van der Waals surface area contributed by atoms with E-state index >= 15 is 0 Å². The molecule has 0 atom stereocenters. The number of halogens is 6. The first-order chi connectivity index (χ1) is 29.9.